The van der Waals surface area contributed by atoms with Crippen LogP contribution in [-0.4, -0.2) is 57.7 Å². The maximum Gasteiger partial charge on any atom is 0.255 e. The van der Waals surface area contributed by atoms with Gasteiger partial charge in [0.15, 0.2) is 0 Å². The van der Waals surface area contributed by atoms with Crippen molar-refractivity contribution in [2.24, 2.45) is 0 Å². The highest BCUT2D eigenvalue weighted by molar-refractivity contribution is 6.30. The first-order valence-electron chi connectivity index (χ1n) is 6.85. The number of fused-ring (bicyclic) bond motifs is 1. The lowest BCUT2D eigenvalue weighted by Crippen LogP contribution is -2.43. The van der Waals surface area contributed by atoms with E-state index < -0.39 is 0 Å². The number of rotatable bonds is 2. The van der Waals surface area contributed by atoms with Crippen molar-refractivity contribution >= 4 is 23.2 Å². The molecule has 0 atom stereocenters. The standard InChI is InChI=1S/C13H19ClN6/c1-9-11(14)17-13-15-8-16-20(13)12(9)19-6-4-10(5-7-19)18(2)3/h8,10H,4-7H2,1-3H3. The van der Waals surface area contributed by atoms with E-state index >= 15 is 0 Å². The second-order valence-corrected chi connectivity index (χ2v) is 5.86. The van der Waals surface area contributed by atoms with Crippen LogP contribution in [0.15, 0.2) is 6.33 Å². The van der Waals surface area contributed by atoms with Crippen LogP contribution in [0, 0.1) is 6.92 Å². The van der Waals surface area contributed by atoms with E-state index in [1.165, 1.54) is 6.33 Å². The molecule has 1 aliphatic rings. The van der Waals surface area contributed by atoms with Crippen molar-refractivity contribution in [1.82, 2.24) is 24.5 Å². The maximum atomic E-state index is 6.22. The molecular formula is C13H19ClN6. The quantitative estimate of drug-likeness (QED) is 0.788. The van der Waals surface area contributed by atoms with Gasteiger partial charge in [0.25, 0.3) is 5.78 Å². The Balaban J connectivity index is 1.95. The topological polar surface area (TPSA) is 49.6 Å². The van der Waals surface area contributed by atoms with E-state index in [0.717, 1.165) is 37.3 Å². The molecule has 6 nitrogen and oxygen atoms in total. The highest BCUT2D eigenvalue weighted by atomic mass is 35.5. The summed E-state index contributed by atoms with van der Waals surface area (Å²) in [6.45, 7) is 3.99. The average Bonchev–Trinajstić information content (AvgIpc) is 2.88. The third-order valence-electron chi connectivity index (χ3n) is 4.07. The highest BCUT2D eigenvalue weighted by Crippen LogP contribution is 2.28. The Morgan fingerprint density at radius 1 is 1.30 bits per heavy atom. The summed E-state index contributed by atoms with van der Waals surface area (Å²) in [7, 11) is 4.29. The molecule has 0 aromatic carbocycles. The molecule has 2 aromatic heterocycles. The summed E-state index contributed by atoms with van der Waals surface area (Å²) in [5.74, 6) is 1.58. The van der Waals surface area contributed by atoms with Crippen LogP contribution < -0.4 is 4.90 Å². The Morgan fingerprint density at radius 2 is 2.00 bits per heavy atom. The van der Waals surface area contributed by atoms with Gasteiger partial charge in [0.2, 0.25) is 0 Å². The van der Waals surface area contributed by atoms with Gasteiger partial charge in [0.05, 0.1) is 0 Å². The summed E-state index contributed by atoms with van der Waals surface area (Å²) in [6.07, 6.45) is 3.80. The predicted molar refractivity (Wildman–Crippen MR) is 79.5 cm³/mol. The molecule has 0 bridgehead atoms. The van der Waals surface area contributed by atoms with Gasteiger partial charge in [-0.05, 0) is 33.9 Å². The molecule has 3 heterocycles. The van der Waals surface area contributed by atoms with Crippen molar-refractivity contribution in [3.63, 3.8) is 0 Å². The van der Waals surface area contributed by atoms with E-state index in [2.05, 4.69) is 39.0 Å². The Bertz CT molecular complexity index is 615. The second kappa shape index (κ2) is 5.18. The minimum atomic E-state index is 0.509. The van der Waals surface area contributed by atoms with Crippen LogP contribution in [0.1, 0.15) is 18.4 Å². The molecule has 108 valence electrons. The number of halogens is 1. The van der Waals surface area contributed by atoms with Crippen LogP contribution in [-0.2, 0) is 0 Å². The van der Waals surface area contributed by atoms with Crippen LogP contribution in [0.3, 0.4) is 0 Å². The lowest BCUT2D eigenvalue weighted by molar-refractivity contribution is 0.249. The van der Waals surface area contributed by atoms with Gasteiger partial charge in [-0.15, -0.1) is 0 Å². The number of anilines is 1. The molecule has 20 heavy (non-hydrogen) atoms. The molecule has 0 N–H and O–H groups in total. The van der Waals surface area contributed by atoms with E-state index in [0.29, 0.717) is 17.0 Å². The molecule has 7 heteroatoms. The SMILES string of the molecule is Cc1c(Cl)nc2ncnn2c1N1CCC(N(C)C)CC1. The van der Waals surface area contributed by atoms with Crippen molar-refractivity contribution in [3.8, 4) is 0 Å². The molecule has 0 radical (unpaired) electrons. The Labute approximate surface area is 123 Å². The number of nitrogens with zero attached hydrogens (tertiary/aromatic N) is 6. The van der Waals surface area contributed by atoms with E-state index in [4.69, 9.17) is 11.6 Å². The lowest BCUT2D eigenvalue weighted by atomic mass is 10.0. The van der Waals surface area contributed by atoms with Crippen molar-refractivity contribution in [1.29, 1.82) is 0 Å². The highest BCUT2D eigenvalue weighted by Gasteiger charge is 2.25. The number of hydrogen-bond donors (Lipinski definition) is 0. The molecule has 1 saturated heterocycles. The van der Waals surface area contributed by atoms with Gasteiger partial charge in [-0.3, -0.25) is 0 Å². The summed E-state index contributed by atoms with van der Waals surface area (Å²) in [4.78, 5) is 13.0. The molecule has 3 rings (SSSR count). The minimum Gasteiger partial charge on any atom is -0.356 e. The zero-order valence-corrected chi connectivity index (χ0v) is 12.8. The third-order valence-corrected chi connectivity index (χ3v) is 4.44. The van der Waals surface area contributed by atoms with Crippen LogP contribution in [0.4, 0.5) is 5.82 Å². The molecule has 0 aliphatic carbocycles. The molecule has 2 aromatic rings. The first-order valence-corrected chi connectivity index (χ1v) is 7.23. The first-order chi connectivity index (χ1) is 9.58. The fraction of sp³-hybridized carbons (Fsp3) is 0.615. The number of hydrogen-bond acceptors (Lipinski definition) is 5. The van der Waals surface area contributed by atoms with E-state index in [-0.39, 0.29) is 0 Å². The van der Waals surface area contributed by atoms with Gasteiger partial charge in [-0.25, -0.2) is 0 Å². The average molecular weight is 295 g/mol. The predicted octanol–water partition coefficient (Wildman–Crippen LogP) is 1.62. The normalized spacial score (nSPS) is 17.4. The monoisotopic (exact) mass is 294 g/mol. The second-order valence-electron chi connectivity index (χ2n) is 5.50. The van der Waals surface area contributed by atoms with Crippen molar-refractivity contribution in [2.75, 3.05) is 32.1 Å². The molecule has 0 spiro atoms. The summed E-state index contributed by atoms with van der Waals surface area (Å²) >= 11 is 6.22. The van der Waals surface area contributed by atoms with Crippen LogP contribution in [0.5, 0.6) is 0 Å². The van der Waals surface area contributed by atoms with Crippen LogP contribution in [0.2, 0.25) is 5.15 Å². The number of aromatic nitrogens is 4. The summed E-state index contributed by atoms with van der Waals surface area (Å²) < 4.78 is 1.79. The van der Waals surface area contributed by atoms with E-state index in [9.17, 15) is 0 Å². The van der Waals surface area contributed by atoms with E-state index in [1.807, 2.05) is 6.92 Å². The Hall–Kier alpha value is -1.40. The Morgan fingerprint density at radius 3 is 2.65 bits per heavy atom. The van der Waals surface area contributed by atoms with Gasteiger partial charge in [0, 0.05) is 24.7 Å². The fourth-order valence-corrected chi connectivity index (χ4v) is 3.01. The summed E-state index contributed by atoms with van der Waals surface area (Å²) in [6, 6.07) is 0.648. The molecular weight excluding hydrogens is 276 g/mol. The zero-order valence-electron chi connectivity index (χ0n) is 12.0. The molecule has 0 amide bonds. The Kier molecular flexibility index (Phi) is 3.52. The van der Waals surface area contributed by atoms with Gasteiger partial charge >= 0.3 is 0 Å². The van der Waals surface area contributed by atoms with Gasteiger partial charge in [0.1, 0.15) is 17.3 Å². The van der Waals surface area contributed by atoms with Gasteiger partial charge in [-0.2, -0.15) is 19.6 Å². The smallest absolute Gasteiger partial charge is 0.255 e. The fourth-order valence-electron chi connectivity index (χ4n) is 2.85. The van der Waals surface area contributed by atoms with Gasteiger partial charge in [-0.1, -0.05) is 11.6 Å². The molecule has 0 unspecified atom stereocenters. The van der Waals surface area contributed by atoms with Crippen LogP contribution >= 0.6 is 11.6 Å². The zero-order chi connectivity index (χ0) is 14.3. The molecule has 1 aliphatic heterocycles. The first kappa shape index (κ1) is 13.6. The van der Waals surface area contributed by atoms with E-state index in [1.54, 1.807) is 4.52 Å². The van der Waals surface area contributed by atoms with Gasteiger partial charge < -0.3 is 9.80 Å². The lowest BCUT2D eigenvalue weighted by Gasteiger charge is -2.36. The molecule has 0 saturated carbocycles. The summed E-state index contributed by atoms with van der Waals surface area (Å²) in [5.41, 5.74) is 0.966. The maximum absolute atomic E-state index is 6.22. The molecule has 1 fully saturated rings. The summed E-state index contributed by atoms with van der Waals surface area (Å²) in [5, 5.41) is 4.79. The van der Waals surface area contributed by atoms with Crippen molar-refractivity contribution < 1.29 is 0 Å². The van der Waals surface area contributed by atoms with Crippen molar-refractivity contribution in [3.05, 3.63) is 17.0 Å². The number of piperidine rings is 1. The third kappa shape index (κ3) is 2.23. The van der Waals surface area contributed by atoms with Crippen LogP contribution in [0.25, 0.3) is 5.78 Å². The minimum absolute atomic E-state index is 0.509. The largest absolute Gasteiger partial charge is 0.356 e. The van der Waals surface area contributed by atoms with Crippen molar-refractivity contribution in [2.45, 2.75) is 25.8 Å².